The fourth-order valence-corrected chi connectivity index (χ4v) is 4.08. The van der Waals surface area contributed by atoms with Crippen molar-refractivity contribution in [2.45, 2.75) is 76.7 Å². The Hall–Kier alpha value is -1.46. The lowest BCUT2D eigenvalue weighted by molar-refractivity contribution is -0.149. The van der Waals surface area contributed by atoms with Crippen molar-refractivity contribution in [3.05, 3.63) is 5.82 Å². The van der Waals surface area contributed by atoms with Gasteiger partial charge in [-0.25, -0.2) is 4.68 Å². The summed E-state index contributed by atoms with van der Waals surface area (Å²) in [5.41, 5.74) is -0.671. The summed E-state index contributed by atoms with van der Waals surface area (Å²) in [4.78, 5) is 11.7. The van der Waals surface area contributed by atoms with Gasteiger partial charge < -0.3 is 5.11 Å². The number of nitrogens with zero attached hydrogens (tertiary/aromatic N) is 4. The van der Waals surface area contributed by atoms with Gasteiger partial charge in [0.25, 0.3) is 0 Å². The van der Waals surface area contributed by atoms with Crippen LogP contribution in [-0.4, -0.2) is 31.3 Å². The Balaban J connectivity index is 1.87. The molecule has 1 aromatic rings. The van der Waals surface area contributed by atoms with Crippen molar-refractivity contribution in [3.8, 4) is 0 Å². The average molecular weight is 292 g/mol. The van der Waals surface area contributed by atoms with Crippen molar-refractivity contribution in [1.82, 2.24) is 20.2 Å². The largest absolute Gasteiger partial charge is 0.481 e. The van der Waals surface area contributed by atoms with Gasteiger partial charge in [-0.15, -0.1) is 5.10 Å². The molecule has 1 N–H and O–H groups in total. The van der Waals surface area contributed by atoms with Crippen LogP contribution in [0, 0.1) is 5.41 Å². The van der Waals surface area contributed by atoms with E-state index in [0.717, 1.165) is 44.3 Å². The van der Waals surface area contributed by atoms with E-state index in [1.165, 1.54) is 19.3 Å². The molecule has 1 aromatic heterocycles. The lowest BCUT2D eigenvalue weighted by Crippen LogP contribution is -2.36. The molecule has 2 fully saturated rings. The van der Waals surface area contributed by atoms with E-state index in [9.17, 15) is 9.90 Å². The lowest BCUT2D eigenvalue weighted by atomic mass is 9.75. The van der Waals surface area contributed by atoms with Crippen LogP contribution in [0.15, 0.2) is 0 Å². The maximum Gasteiger partial charge on any atom is 0.311 e. The van der Waals surface area contributed by atoms with E-state index >= 15 is 0 Å². The van der Waals surface area contributed by atoms with Gasteiger partial charge in [-0.1, -0.05) is 39.0 Å². The molecule has 0 saturated heterocycles. The topological polar surface area (TPSA) is 80.9 Å². The Morgan fingerprint density at radius 1 is 1.14 bits per heavy atom. The zero-order valence-corrected chi connectivity index (χ0v) is 12.7. The van der Waals surface area contributed by atoms with Crippen LogP contribution in [0.4, 0.5) is 0 Å². The summed E-state index contributed by atoms with van der Waals surface area (Å²) in [7, 11) is 0. The van der Waals surface area contributed by atoms with E-state index in [1.807, 2.05) is 0 Å². The molecule has 0 bridgehead atoms. The van der Waals surface area contributed by atoms with Crippen molar-refractivity contribution < 1.29 is 9.90 Å². The summed E-state index contributed by atoms with van der Waals surface area (Å²) in [6, 6.07) is 0. The number of aromatic nitrogens is 4. The zero-order chi connectivity index (χ0) is 14.9. The van der Waals surface area contributed by atoms with Crippen LogP contribution < -0.4 is 0 Å². The molecule has 6 heteroatoms. The molecule has 3 rings (SSSR count). The first-order valence-electron chi connectivity index (χ1n) is 8.06. The molecule has 1 heterocycles. The van der Waals surface area contributed by atoms with E-state index in [-0.39, 0.29) is 5.41 Å². The van der Waals surface area contributed by atoms with Crippen molar-refractivity contribution in [1.29, 1.82) is 0 Å². The summed E-state index contributed by atoms with van der Waals surface area (Å²) < 4.78 is 1.78. The first-order chi connectivity index (χ1) is 10.1. The van der Waals surface area contributed by atoms with Crippen LogP contribution in [0.3, 0.4) is 0 Å². The number of aliphatic carboxylic acids is 1. The Bertz CT molecular complexity index is 513. The molecule has 0 aliphatic heterocycles. The maximum atomic E-state index is 11.7. The smallest absolute Gasteiger partial charge is 0.311 e. The monoisotopic (exact) mass is 292 g/mol. The van der Waals surface area contributed by atoms with Crippen LogP contribution >= 0.6 is 0 Å². The highest BCUT2D eigenvalue weighted by atomic mass is 16.4. The minimum absolute atomic E-state index is 0.0000472. The van der Waals surface area contributed by atoms with Crippen LogP contribution in [0.2, 0.25) is 0 Å². The van der Waals surface area contributed by atoms with E-state index in [0.29, 0.717) is 6.54 Å². The molecule has 2 aliphatic carbocycles. The zero-order valence-electron chi connectivity index (χ0n) is 12.7. The number of carbonyl (C=O) groups is 1. The van der Waals surface area contributed by atoms with Gasteiger partial charge in [0.05, 0.1) is 12.0 Å². The molecule has 0 aromatic carbocycles. The lowest BCUT2D eigenvalue weighted by Gasteiger charge is -2.33. The fraction of sp³-hybridized carbons (Fsp3) is 0.867. The number of hydrogen-bond acceptors (Lipinski definition) is 4. The summed E-state index contributed by atoms with van der Waals surface area (Å²) in [6.45, 7) is 2.64. The summed E-state index contributed by atoms with van der Waals surface area (Å²) in [5, 5.41) is 21.9. The van der Waals surface area contributed by atoms with Crippen molar-refractivity contribution in [2.75, 3.05) is 0 Å². The van der Waals surface area contributed by atoms with E-state index in [2.05, 4.69) is 22.4 Å². The van der Waals surface area contributed by atoms with Gasteiger partial charge in [-0.05, 0) is 36.1 Å². The fourth-order valence-electron chi connectivity index (χ4n) is 4.08. The van der Waals surface area contributed by atoms with Gasteiger partial charge in [0.15, 0.2) is 5.82 Å². The van der Waals surface area contributed by atoms with Gasteiger partial charge in [-0.2, -0.15) is 0 Å². The molecule has 0 unspecified atom stereocenters. The van der Waals surface area contributed by atoms with E-state index in [4.69, 9.17) is 0 Å². The van der Waals surface area contributed by atoms with Crippen molar-refractivity contribution in [2.24, 2.45) is 5.41 Å². The molecule has 0 spiro atoms. The second-order valence-electron chi connectivity index (χ2n) is 7.07. The van der Waals surface area contributed by atoms with Crippen LogP contribution in [0.1, 0.15) is 70.5 Å². The Kier molecular flexibility index (Phi) is 3.71. The van der Waals surface area contributed by atoms with Crippen molar-refractivity contribution in [3.63, 3.8) is 0 Å². The molecule has 21 heavy (non-hydrogen) atoms. The minimum Gasteiger partial charge on any atom is -0.481 e. The van der Waals surface area contributed by atoms with Gasteiger partial charge in [0.1, 0.15) is 0 Å². The highest BCUT2D eigenvalue weighted by Crippen LogP contribution is 2.42. The molecule has 116 valence electrons. The Morgan fingerprint density at radius 2 is 1.76 bits per heavy atom. The SMILES string of the molecule is CC1(c2nnnn2CC2(C(=O)O)CCCC2)CCCCC1. The summed E-state index contributed by atoms with van der Waals surface area (Å²) in [6.07, 6.45) is 9.30. The third kappa shape index (κ3) is 2.56. The molecular formula is C15H24N4O2. The van der Waals surface area contributed by atoms with Gasteiger partial charge in [0, 0.05) is 5.41 Å². The first-order valence-corrected chi connectivity index (χ1v) is 8.06. The van der Waals surface area contributed by atoms with E-state index < -0.39 is 11.4 Å². The summed E-state index contributed by atoms with van der Waals surface area (Å²) in [5.74, 6) is 0.185. The van der Waals surface area contributed by atoms with E-state index in [1.54, 1.807) is 4.68 Å². The average Bonchev–Trinajstić information content (AvgIpc) is 3.10. The Morgan fingerprint density at radius 3 is 2.38 bits per heavy atom. The second kappa shape index (κ2) is 5.39. The maximum absolute atomic E-state index is 11.7. The van der Waals surface area contributed by atoms with Crippen LogP contribution in [-0.2, 0) is 16.8 Å². The molecule has 6 nitrogen and oxygen atoms in total. The third-order valence-electron chi connectivity index (χ3n) is 5.50. The molecule has 0 atom stereocenters. The number of carboxylic acids is 1. The molecular weight excluding hydrogens is 268 g/mol. The predicted octanol–water partition coefficient (Wildman–Crippen LogP) is 2.54. The quantitative estimate of drug-likeness (QED) is 0.922. The third-order valence-corrected chi connectivity index (χ3v) is 5.50. The summed E-state index contributed by atoms with van der Waals surface area (Å²) >= 11 is 0. The van der Waals surface area contributed by atoms with Gasteiger partial charge in [0.2, 0.25) is 0 Å². The molecule has 0 amide bonds. The Labute approximate surface area is 124 Å². The number of rotatable bonds is 4. The number of hydrogen-bond donors (Lipinski definition) is 1. The van der Waals surface area contributed by atoms with Gasteiger partial charge >= 0.3 is 5.97 Å². The standard InChI is InChI=1S/C15H24N4O2/c1-14(7-3-2-4-8-14)12-16-17-18-19(12)11-15(13(20)21)9-5-6-10-15/h2-11H2,1H3,(H,20,21). The van der Waals surface area contributed by atoms with Crippen molar-refractivity contribution >= 4 is 5.97 Å². The minimum atomic E-state index is -0.699. The molecule has 2 saturated carbocycles. The highest BCUT2D eigenvalue weighted by molar-refractivity contribution is 5.74. The first kappa shape index (κ1) is 14.5. The highest BCUT2D eigenvalue weighted by Gasteiger charge is 2.44. The number of tetrazole rings is 1. The van der Waals surface area contributed by atoms with Crippen LogP contribution in [0.25, 0.3) is 0 Å². The number of carboxylic acid groups (broad SMARTS) is 1. The second-order valence-corrected chi connectivity index (χ2v) is 7.07. The normalized spacial score (nSPS) is 24.0. The predicted molar refractivity (Wildman–Crippen MR) is 76.8 cm³/mol. The van der Waals surface area contributed by atoms with Crippen LogP contribution in [0.5, 0.6) is 0 Å². The molecule has 0 radical (unpaired) electrons. The molecule has 2 aliphatic rings. The van der Waals surface area contributed by atoms with Gasteiger partial charge in [-0.3, -0.25) is 4.79 Å².